The summed E-state index contributed by atoms with van der Waals surface area (Å²) in [6.45, 7) is 3.32. The van der Waals surface area contributed by atoms with Crippen molar-refractivity contribution in [3.8, 4) is 0 Å². The SMILES string of the molecule is C[C@H](NC(=O)NCc1nnc2n1CCCCC2)c1ccccc1. The monoisotopic (exact) mass is 313 g/mol. The summed E-state index contributed by atoms with van der Waals surface area (Å²) in [5, 5.41) is 14.3. The fraction of sp³-hybridized carbons (Fsp3) is 0.471. The van der Waals surface area contributed by atoms with E-state index in [1.54, 1.807) is 0 Å². The van der Waals surface area contributed by atoms with Crippen LogP contribution in [0.25, 0.3) is 0 Å². The molecule has 1 aliphatic rings. The Balaban J connectivity index is 1.54. The molecule has 122 valence electrons. The lowest BCUT2D eigenvalue weighted by Crippen LogP contribution is -2.37. The van der Waals surface area contributed by atoms with Crippen LogP contribution in [0.15, 0.2) is 30.3 Å². The Labute approximate surface area is 136 Å². The number of aryl methyl sites for hydroxylation is 1. The first-order chi connectivity index (χ1) is 11.2. The number of hydrogen-bond donors (Lipinski definition) is 2. The van der Waals surface area contributed by atoms with Crippen LogP contribution in [0.4, 0.5) is 4.79 Å². The molecule has 2 amide bonds. The van der Waals surface area contributed by atoms with E-state index in [0.717, 1.165) is 36.6 Å². The molecule has 1 aliphatic heterocycles. The van der Waals surface area contributed by atoms with E-state index in [4.69, 9.17) is 0 Å². The van der Waals surface area contributed by atoms with Gasteiger partial charge in [-0.05, 0) is 25.3 Å². The van der Waals surface area contributed by atoms with E-state index in [2.05, 4.69) is 25.4 Å². The van der Waals surface area contributed by atoms with Crippen molar-refractivity contribution < 1.29 is 4.79 Å². The van der Waals surface area contributed by atoms with Gasteiger partial charge in [-0.1, -0.05) is 36.8 Å². The second-order valence-corrected chi connectivity index (χ2v) is 5.95. The van der Waals surface area contributed by atoms with Crippen LogP contribution in [0.3, 0.4) is 0 Å². The van der Waals surface area contributed by atoms with Crippen molar-refractivity contribution in [1.82, 2.24) is 25.4 Å². The number of carbonyl (C=O) groups is 1. The van der Waals surface area contributed by atoms with Gasteiger partial charge in [-0.25, -0.2) is 4.79 Å². The van der Waals surface area contributed by atoms with E-state index < -0.39 is 0 Å². The molecule has 0 radical (unpaired) electrons. The minimum absolute atomic E-state index is 0.0354. The van der Waals surface area contributed by atoms with Gasteiger partial charge in [0.1, 0.15) is 5.82 Å². The Hall–Kier alpha value is -2.37. The van der Waals surface area contributed by atoms with Gasteiger partial charge in [0.15, 0.2) is 5.82 Å². The van der Waals surface area contributed by atoms with Gasteiger partial charge in [0.25, 0.3) is 0 Å². The third-order valence-electron chi connectivity index (χ3n) is 4.24. The number of urea groups is 1. The largest absolute Gasteiger partial charge is 0.332 e. The zero-order valence-electron chi connectivity index (χ0n) is 13.5. The molecular formula is C17H23N5O. The van der Waals surface area contributed by atoms with E-state index in [-0.39, 0.29) is 12.1 Å². The second kappa shape index (κ2) is 7.26. The maximum absolute atomic E-state index is 12.1. The molecule has 2 aromatic rings. The molecule has 6 nitrogen and oxygen atoms in total. The second-order valence-electron chi connectivity index (χ2n) is 5.95. The van der Waals surface area contributed by atoms with Gasteiger partial charge >= 0.3 is 6.03 Å². The molecule has 0 unspecified atom stereocenters. The maximum atomic E-state index is 12.1. The molecule has 1 aromatic carbocycles. The first kappa shape index (κ1) is 15.5. The van der Waals surface area contributed by atoms with Crippen LogP contribution >= 0.6 is 0 Å². The highest BCUT2D eigenvalue weighted by Crippen LogP contribution is 2.14. The van der Waals surface area contributed by atoms with Crippen molar-refractivity contribution in [2.45, 2.75) is 51.7 Å². The van der Waals surface area contributed by atoms with Crippen LogP contribution in [0, 0.1) is 0 Å². The molecule has 23 heavy (non-hydrogen) atoms. The summed E-state index contributed by atoms with van der Waals surface area (Å²) in [5.41, 5.74) is 1.08. The van der Waals surface area contributed by atoms with Gasteiger partial charge in [-0.15, -0.1) is 10.2 Å². The number of rotatable bonds is 4. The molecule has 6 heteroatoms. The molecule has 0 bridgehead atoms. The van der Waals surface area contributed by atoms with Crippen molar-refractivity contribution in [3.63, 3.8) is 0 Å². The summed E-state index contributed by atoms with van der Waals surface area (Å²) in [4.78, 5) is 12.1. The van der Waals surface area contributed by atoms with E-state index in [1.807, 2.05) is 37.3 Å². The fourth-order valence-corrected chi connectivity index (χ4v) is 2.91. The van der Waals surface area contributed by atoms with Crippen molar-refractivity contribution in [2.75, 3.05) is 0 Å². The number of hydrogen-bond acceptors (Lipinski definition) is 3. The zero-order valence-corrected chi connectivity index (χ0v) is 13.5. The minimum atomic E-state index is -0.188. The zero-order chi connectivity index (χ0) is 16.1. The Morgan fingerprint density at radius 1 is 1.22 bits per heavy atom. The molecule has 0 saturated heterocycles. The van der Waals surface area contributed by atoms with Crippen LogP contribution in [-0.2, 0) is 19.5 Å². The molecule has 1 atom stereocenters. The van der Waals surface area contributed by atoms with Crippen molar-refractivity contribution in [1.29, 1.82) is 0 Å². The van der Waals surface area contributed by atoms with E-state index in [1.165, 1.54) is 12.8 Å². The van der Waals surface area contributed by atoms with Gasteiger partial charge in [0.2, 0.25) is 0 Å². The Morgan fingerprint density at radius 2 is 2.04 bits per heavy atom. The fourth-order valence-electron chi connectivity index (χ4n) is 2.91. The molecule has 2 N–H and O–H groups in total. The molecule has 0 aliphatic carbocycles. The van der Waals surface area contributed by atoms with Crippen molar-refractivity contribution >= 4 is 6.03 Å². The Bertz CT molecular complexity index is 652. The highest BCUT2D eigenvalue weighted by molar-refractivity contribution is 5.74. The summed E-state index contributed by atoms with van der Waals surface area (Å²) < 4.78 is 2.15. The van der Waals surface area contributed by atoms with Crippen LogP contribution in [0.1, 0.15) is 49.4 Å². The van der Waals surface area contributed by atoms with Gasteiger partial charge in [0.05, 0.1) is 12.6 Å². The lowest BCUT2D eigenvalue weighted by atomic mass is 10.1. The van der Waals surface area contributed by atoms with Crippen LogP contribution in [0.5, 0.6) is 0 Å². The average Bonchev–Trinajstić information content (AvgIpc) is 2.80. The highest BCUT2D eigenvalue weighted by atomic mass is 16.2. The summed E-state index contributed by atoms with van der Waals surface area (Å²) >= 11 is 0. The summed E-state index contributed by atoms with van der Waals surface area (Å²) in [6, 6.07) is 9.69. The minimum Gasteiger partial charge on any atom is -0.332 e. The average molecular weight is 313 g/mol. The molecule has 2 heterocycles. The maximum Gasteiger partial charge on any atom is 0.315 e. The predicted molar refractivity (Wildman–Crippen MR) is 87.8 cm³/mol. The lowest BCUT2D eigenvalue weighted by molar-refractivity contribution is 0.237. The molecular weight excluding hydrogens is 290 g/mol. The lowest BCUT2D eigenvalue weighted by Gasteiger charge is -2.15. The number of nitrogens with zero attached hydrogens (tertiary/aromatic N) is 3. The number of aromatic nitrogens is 3. The van der Waals surface area contributed by atoms with Crippen molar-refractivity contribution in [3.05, 3.63) is 47.5 Å². The highest BCUT2D eigenvalue weighted by Gasteiger charge is 2.15. The van der Waals surface area contributed by atoms with Crippen LogP contribution < -0.4 is 10.6 Å². The molecule has 1 aromatic heterocycles. The predicted octanol–water partition coefficient (Wildman–Crippen LogP) is 2.56. The Kier molecular flexibility index (Phi) is 4.90. The van der Waals surface area contributed by atoms with Crippen molar-refractivity contribution in [2.24, 2.45) is 0 Å². The van der Waals surface area contributed by atoms with Gasteiger partial charge < -0.3 is 15.2 Å². The first-order valence-electron chi connectivity index (χ1n) is 8.24. The summed E-state index contributed by atoms with van der Waals surface area (Å²) in [5.74, 6) is 1.88. The standard InChI is InChI=1S/C17H23N5O/c1-13(14-8-4-2-5-9-14)19-17(23)18-12-16-21-20-15-10-6-3-7-11-22(15)16/h2,4-5,8-9,13H,3,6-7,10-12H2,1H3,(H2,18,19,23)/t13-/m0/s1. The summed E-state index contributed by atoms with van der Waals surface area (Å²) in [6.07, 6.45) is 4.52. The van der Waals surface area contributed by atoms with Gasteiger partial charge in [0, 0.05) is 13.0 Å². The van der Waals surface area contributed by atoms with Gasteiger partial charge in [-0.3, -0.25) is 0 Å². The third kappa shape index (κ3) is 3.88. The normalized spacial score (nSPS) is 15.3. The molecule has 3 rings (SSSR count). The van der Waals surface area contributed by atoms with E-state index >= 15 is 0 Å². The van der Waals surface area contributed by atoms with Gasteiger partial charge in [-0.2, -0.15) is 0 Å². The van der Waals surface area contributed by atoms with Crippen LogP contribution in [0.2, 0.25) is 0 Å². The summed E-state index contributed by atoms with van der Waals surface area (Å²) in [7, 11) is 0. The topological polar surface area (TPSA) is 71.8 Å². The third-order valence-corrected chi connectivity index (χ3v) is 4.24. The van der Waals surface area contributed by atoms with Crippen LogP contribution in [-0.4, -0.2) is 20.8 Å². The van der Waals surface area contributed by atoms with E-state index in [0.29, 0.717) is 6.54 Å². The number of fused-ring (bicyclic) bond motifs is 1. The first-order valence-corrected chi connectivity index (χ1v) is 8.24. The number of amides is 2. The quantitative estimate of drug-likeness (QED) is 0.911. The van der Waals surface area contributed by atoms with E-state index in [9.17, 15) is 4.79 Å². The Morgan fingerprint density at radius 3 is 2.87 bits per heavy atom. The smallest absolute Gasteiger partial charge is 0.315 e. The number of nitrogens with one attached hydrogen (secondary N) is 2. The number of carbonyl (C=O) groups excluding carboxylic acids is 1. The molecule has 0 saturated carbocycles. The number of benzene rings is 1. The molecule has 0 spiro atoms. The molecule has 0 fully saturated rings.